The minimum atomic E-state index is -1.11. The number of hydrogen-bond acceptors (Lipinski definition) is 3. The molecule has 0 aliphatic heterocycles. The number of urea groups is 1. The smallest absolute Gasteiger partial charge is 0.337 e. The Balaban J connectivity index is 2.95. The summed E-state index contributed by atoms with van der Waals surface area (Å²) in [7, 11) is 1.47. The normalized spacial score (nSPS) is 10.8. The van der Waals surface area contributed by atoms with Gasteiger partial charge in [0.2, 0.25) is 0 Å². The van der Waals surface area contributed by atoms with Gasteiger partial charge in [0.15, 0.2) is 0 Å². The highest BCUT2D eigenvalue weighted by Gasteiger charge is 2.19. The maximum Gasteiger partial charge on any atom is 0.337 e. The largest absolute Gasteiger partial charge is 0.497 e. The Hall–Kier alpha value is -2.24. The van der Waals surface area contributed by atoms with Crippen LogP contribution in [0.25, 0.3) is 0 Å². The van der Waals surface area contributed by atoms with Gasteiger partial charge in [0.05, 0.1) is 18.4 Å². The third-order valence-corrected chi connectivity index (χ3v) is 3.04. The van der Waals surface area contributed by atoms with Crippen molar-refractivity contribution in [2.75, 3.05) is 12.4 Å². The second-order valence-corrected chi connectivity index (χ2v) is 5.03. The van der Waals surface area contributed by atoms with Gasteiger partial charge < -0.3 is 20.5 Å². The number of aromatic carboxylic acids is 1. The first-order chi connectivity index (χ1) is 9.29. The second-order valence-electron chi connectivity index (χ2n) is 5.03. The van der Waals surface area contributed by atoms with Gasteiger partial charge in [0, 0.05) is 11.6 Å². The fourth-order valence-electron chi connectivity index (χ4n) is 1.49. The molecule has 110 valence electrons. The Morgan fingerprint density at radius 3 is 2.50 bits per heavy atom. The minimum absolute atomic E-state index is 0.00949. The summed E-state index contributed by atoms with van der Waals surface area (Å²) in [5, 5.41) is 14.4. The molecule has 0 atom stereocenters. The van der Waals surface area contributed by atoms with Crippen LogP contribution in [0.1, 0.15) is 37.6 Å². The molecule has 0 aliphatic rings. The predicted molar refractivity (Wildman–Crippen MR) is 76.5 cm³/mol. The number of nitrogens with one attached hydrogen (secondary N) is 2. The van der Waals surface area contributed by atoms with Gasteiger partial charge in [0.1, 0.15) is 5.75 Å². The molecule has 6 heteroatoms. The van der Waals surface area contributed by atoms with Crippen LogP contribution in [0.2, 0.25) is 0 Å². The van der Waals surface area contributed by atoms with E-state index in [0.717, 1.165) is 6.42 Å². The summed E-state index contributed by atoms with van der Waals surface area (Å²) in [5.74, 6) is -0.641. The first-order valence-corrected chi connectivity index (χ1v) is 6.29. The van der Waals surface area contributed by atoms with Crippen molar-refractivity contribution in [1.82, 2.24) is 5.32 Å². The number of methoxy groups -OCH3 is 1. The molecule has 6 nitrogen and oxygen atoms in total. The molecule has 1 aromatic carbocycles. The first kappa shape index (κ1) is 15.8. The topological polar surface area (TPSA) is 87.7 Å². The van der Waals surface area contributed by atoms with Gasteiger partial charge in [-0.05, 0) is 32.4 Å². The lowest BCUT2D eigenvalue weighted by atomic mass is 10.0. The van der Waals surface area contributed by atoms with Crippen LogP contribution in [0.4, 0.5) is 10.5 Å². The number of anilines is 1. The van der Waals surface area contributed by atoms with Crippen LogP contribution in [0.15, 0.2) is 18.2 Å². The average Bonchev–Trinajstić information content (AvgIpc) is 2.37. The monoisotopic (exact) mass is 280 g/mol. The summed E-state index contributed by atoms with van der Waals surface area (Å²) in [5.41, 5.74) is -0.164. The Labute approximate surface area is 118 Å². The molecule has 0 spiro atoms. The van der Waals surface area contributed by atoms with E-state index < -0.39 is 12.0 Å². The molecule has 2 amide bonds. The van der Waals surface area contributed by atoms with Crippen molar-refractivity contribution in [3.05, 3.63) is 23.8 Å². The Morgan fingerprint density at radius 1 is 1.35 bits per heavy atom. The molecule has 0 saturated carbocycles. The average molecular weight is 280 g/mol. The molecule has 0 radical (unpaired) electrons. The quantitative estimate of drug-likeness (QED) is 0.773. The van der Waals surface area contributed by atoms with Gasteiger partial charge >= 0.3 is 12.0 Å². The number of carboxylic acid groups (broad SMARTS) is 1. The summed E-state index contributed by atoms with van der Waals surface area (Å²) in [4.78, 5) is 23.0. The van der Waals surface area contributed by atoms with Crippen molar-refractivity contribution in [3.8, 4) is 5.75 Å². The highest BCUT2D eigenvalue weighted by molar-refractivity contribution is 6.00. The van der Waals surface area contributed by atoms with Gasteiger partial charge in [-0.1, -0.05) is 6.92 Å². The van der Waals surface area contributed by atoms with Crippen molar-refractivity contribution in [1.29, 1.82) is 0 Å². The molecular formula is C14H20N2O4. The first-order valence-electron chi connectivity index (χ1n) is 6.29. The van der Waals surface area contributed by atoms with E-state index in [1.54, 1.807) is 0 Å². The van der Waals surface area contributed by atoms with Crippen LogP contribution in [0.5, 0.6) is 5.75 Å². The van der Waals surface area contributed by atoms with Crippen molar-refractivity contribution in [3.63, 3.8) is 0 Å². The number of carboxylic acids is 1. The third kappa shape index (κ3) is 4.15. The fraction of sp³-hybridized carbons (Fsp3) is 0.429. The summed E-state index contributed by atoms with van der Waals surface area (Å²) in [6, 6.07) is 3.94. The molecular weight excluding hydrogens is 260 g/mol. The van der Waals surface area contributed by atoms with E-state index in [-0.39, 0.29) is 16.8 Å². The Morgan fingerprint density at radius 2 is 2.00 bits per heavy atom. The molecule has 1 aromatic rings. The van der Waals surface area contributed by atoms with Crippen molar-refractivity contribution >= 4 is 17.7 Å². The molecule has 0 aromatic heterocycles. The lowest BCUT2D eigenvalue weighted by molar-refractivity contribution is 0.0698. The van der Waals surface area contributed by atoms with Crippen molar-refractivity contribution in [2.45, 2.75) is 32.7 Å². The number of ether oxygens (including phenoxy) is 1. The molecule has 0 aliphatic carbocycles. The van der Waals surface area contributed by atoms with E-state index in [0.29, 0.717) is 5.75 Å². The van der Waals surface area contributed by atoms with Crippen LogP contribution >= 0.6 is 0 Å². The number of hydrogen-bond donors (Lipinski definition) is 3. The molecule has 20 heavy (non-hydrogen) atoms. The van der Waals surface area contributed by atoms with Crippen LogP contribution < -0.4 is 15.4 Å². The van der Waals surface area contributed by atoms with Gasteiger partial charge in [0.25, 0.3) is 0 Å². The van der Waals surface area contributed by atoms with Crippen LogP contribution in [0, 0.1) is 0 Å². The number of amides is 2. The summed E-state index contributed by atoms with van der Waals surface area (Å²) < 4.78 is 5.03. The molecule has 0 bridgehead atoms. The number of benzene rings is 1. The number of carbonyl (C=O) groups is 2. The second kappa shape index (κ2) is 6.27. The van der Waals surface area contributed by atoms with E-state index >= 15 is 0 Å². The zero-order chi connectivity index (χ0) is 15.3. The predicted octanol–water partition coefficient (Wildman–Crippen LogP) is 2.70. The van der Waals surface area contributed by atoms with Crippen LogP contribution in [0.3, 0.4) is 0 Å². The Bertz CT molecular complexity index is 512. The van der Waals surface area contributed by atoms with E-state index in [1.807, 2.05) is 20.8 Å². The molecule has 0 heterocycles. The fourth-order valence-corrected chi connectivity index (χ4v) is 1.49. The summed E-state index contributed by atoms with van der Waals surface area (Å²) >= 11 is 0. The number of carbonyl (C=O) groups excluding carboxylic acids is 1. The maximum absolute atomic E-state index is 11.9. The van der Waals surface area contributed by atoms with Gasteiger partial charge in [-0.25, -0.2) is 9.59 Å². The van der Waals surface area contributed by atoms with E-state index in [9.17, 15) is 9.59 Å². The minimum Gasteiger partial charge on any atom is -0.497 e. The highest BCUT2D eigenvalue weighted by Crippen LogP contribution is 2.22. The van der Waals surface area contributed by atoms with E-state index in [1.165, 1.54) is 25.3 Å². The van der Waals surface area contributed by atoms with Crippen molar-refractivity contribution in [2.24, 2.45) is 0 Å². The van der Waals surface area contributed by atoms with Crippen LogP contribution in [-0.2, 0) is 0 Å². The zero-order valence-electron chi connectivity index (χ0n) is 12.1. The van der Waals surface area contributed by atoms with E-state index in [4.69, 9.17) is 9.84 Å². The van der Waals surface area contributed by atoms with Crippen molar-refractivity contribution < 1.29 is 19.4 Å². The summed E-state index contributed by atoms with van der Waals surface area (Å²) in [6.07, 6.45) is 0.754. The molecule has 3 N–H and O–H groups in total. The standard InChI is InChI=1S/C14H20N2O4/c1-5-14(2,3)16-13(19)15-11-8-9(20-4)6-7-10(11)12(17)18/h6-8H,5H2,1-4H3,(H,17,18)(H2,15,16,19). The highest BCUT2D eigenvalue weighted by atomic mass is 16.5. The van der Waals surface area contributed by atoms with Gasteiger partial charge in [-0.2, -0.15) is 0 Å². The third-order valence-electron chi connectivity index (χ3n) is 3.04. The SMILES string of the molecule is CCC(C)(C)NC(=O)Nc1cc(OC)ccc1C(=O)O. The molecule has 0 fully saturated rings. The van der Waals surface area contributed by atoms with Gasteiger partial charge in [-0.3, -0.25) is 0 Å². The Kier molecular flexibility index (Phi) is 4.96. The van der Waals surface area contributed by atoms with Crippen LogP contribution in [-0.4, -0.2) is 29.8 Å². The zero-order valence-corrected chi connectivity index (χ0v) is 12.1. The van der Waals surface area contributed by atoms with E-state index in [2.05, 4.69) is 10.6 Å². The summed E-state index contributed by atoms with van der Waals surface area (Å²) in [6.45, 7) is 5.72. The number of rotatable bonds is 5. The van der Waals surface area contributed by atoms with Gasteiger partial charge in [-0.15, -0.1) is 0 Å². The molecule has 1 rings (SSSR count). The maximum atomic E-state index is 11.9. The molecule has 0 saturated heterocycles. The molecule has 0 unspecified atom stereocenters. The lowest BCUT2D eigenvalue weighted by Gasteiger charge is -2.24. The lowest BCUT2D eigenvalue weighted by Crippen LogP contribution is -2.45.